The van der Waals surface area contributed by atoms with Crippen LogP contribution < -0.4 is 5.32 Å². The van der Waals surface area contributed by atoms with Crippen molar-refractivity contribution in [2.24, 2.45) is 0 Å². The van der Waals surface area contributed by atoms with Crippen LogP contribution in [0.15, 0.2) is 6.20 Å². The Bertz CT molecular complexity index is 245. The van der Waals surface area contributed by atoms with Gasteiger partial charge in [0, 0.05) is 7.05 Å². The largest absolute Gasteiger partial charge is 0.355 e. The van der Waals surface area contributed by atoms with Gasteiger partial charge in [-0.3, -0.25) is 9.89 Å². The number of aromatic amines is 1. The molecule has 0 aromatic carbocycles. The maximum absolute atomic E-state index is 12.4. The average Bonchev–Trinajstić information content (AvgIpc) is 2.34. The number of carbonyl (C=O) groups is 1. The smallest absolute Gasteiger partial charge is 0.257 e. The summed E-state index contributed by atoms with van der Waals surface area (Å²) in [6.45, 7) is 0. The van der Waals surface area contributed by atoms with Crippen LogP contribution in [0.4, 0.5) is 4.39 Å². The van der Waals surface area contributed by atoms with E-state index in [1.54, 1.807) is 0 Å². The van der Waals surface area contributed by atoms with Crippen LogP contribution in [0.2, 0.25) is 0 Å². The Morgan fingerprint density at radius 2 is 2.60 bits per heavy atom. The third kappa shape index (κ3) is 0.975. The molecule has 0 bridgehead atoms. The van der Waals surface area contributed by atoms with Crippen molar-refractivity contribution in [3.8, 4) is 0 Å². The summed E-state index contributed by atoms with van der Waals surface area (Å²) in [4.78, 5) is 10.7. The molecule has 2 N–H and O–H groups in total. The van der Waals surface area contributed by atoms with Crippen LogP contribution in [0.1, 0.15) is 10.4 Å². The number of aromatic nitrogens is 2. The van der Waals surface area contributed by atoms with E-state index in [1.165, 1.54) is 7.05 Å². The van der Waals surface area contributed by atoms with E-state index < -0.39 is 11.9 Å². The Morgan fingerprint density at radius 1 is 1.90 bits per heavy atom. The van der Waals surface area contributed by atoms with Crippen LogP contribution >= 0.6 is 0 Å². The standard InChI is InChI=1S/C5H6FN3O/c1-7-5(10)3-2-8-9-4(3)6/h2H,1H3,(H,7,10)(H,8,9). The number of nitrogens with one attached hydrogen (secondary N) is 2. The Labute approximate surface area is 56.4 Å². The minimum absolute atomic E-state index is 0.0671. The molecule has 0 aliphatic carbocycles. The maximum atomic E-state index is 12.4. The van der Waals surface area contributed by atoms with Gasteiger partial charge in [-0.1, -0.05) is 0 Å². The van der Waals surface area contributed by atoms with Crippen molar-refractivity contribution in [2.45, 2.75) is 0 Å². The second-order valence-corrected chi connectivity index (χ2v) is 1.68. The highest BCUT2D eigenvalue weighted by molar-refractivity contribution is 5.93. The van der Waals surface area contributed by atoms with E-state index in [4.69, 9.17) is 0 Å². The molecule has 1 amide bonds. The first-order valence-corrected chi connectivity index (χ1v) is 2.66. The molecule has 1 heterocycles. The summed E-state index contributed by atoms with van der Waals surface area (Å²) in [5.74, 6) is -1.19. The summed E-state index contributed by atoms with van der Waals surface area (Å²) in [6.07, 6.45) is 1.13. The van der Waals surface area contributed by atoms with Crippen molar-refractivity contribution in [1.82, 2.24) is 15.5 Å². The molecule has 4 nitrogen and oxygen atoms in total. The van der Waals surface area contributed by atoms with Gasteiger partial charge in [-0.2, -0.15) is 9.49 Å². The highest BCUT2D eigenvalue weighted by Gasteiger charge is 2.10. The predicted molar refractivity (Wildman–Crippen MR) is 31.9 cm³/mol. The van der Waals surface area contributed by atoms with Gasteiger partial charge in [0.2, 0.25) is 5.95 Å². The Kier molecular flexibility index (Phi) is 1.66. The van der Waals surface area contributed by atoms with Crippen LogP contribution in [-0.4, -0.2) is 23.2 Å². The van der Waals surface area contributed by atoms with Gasteiger partial charge in [-0.25, -0.2) is 0 Å². The lowest BCUT2D eigenvalue weighted by Gasteiger charge is -1.91. The average molecular weight is 143 g/mol. The van der Waals surface area contributed by atoms with E-state index in [-0.39, 0.29) is 5.56 Å². The van der Waals surface area contributed by atoms with Crippen LogP contribution in [-0.2, 0) is 0 Å². The molecule has 0 spiro atoms. The Hall–Kier alpha value is -1.39. The molecule has 0 aliphatic rings. The second kappa shape index (κ2) is 2.47. The zero-order valence-electron chi connectivity index (χ0n) is 5.31. The molecule has 0 unspecified atom stereocenters. The van der Waals surface area contributed by atoms with Crippen LogP contribution in [0.25, 0.3) is 0 Å². The van der Waals surface area contributed by atoms with Crippen molar-refractivity contribution >= 4 is 5.91 Å². The highest BCUT2D eigenvalue weighted by atomic mass is 19.1. The molecule has 5 heteroatoms. The van der Waals surface area contributed by atoms with Gasteiger partial charge in [-0.05, 0) is 0 Å². The van der Waals surface area contributed by atoms with Crippen molar-refractivity contribution in [2.75, 3.05) is 7.05 Å². The quantitative estimate of drug-likeness (QED) is 0.577. The van der Waals surface area contributed by atoms with Crippen LogP contribution in [0.5, 0.6) is 0 Å². The fourth-order valence-electron chi connectivity index (χ4n) is 0.563. The minimum atomic E-state index is -0.709. The molecule has 0 radical (unpaired) electrons. The Morgan fingerprint density at radius 3 is 3.00 bits per heavy atom. The molecule has 0 atom stereocenters. The fourth-order valence-corrected chi connectivity index (χ4v) is 0.563. The summed E-state index contributed by atoms with van der Waals surface area (Å²) in [7, 11) is 1.43. The summed E-state index contributed by atoms with van der Waals surface area (Å²) in [5.41, 5.74) is -0.0671. The fraction of sp³-hybridized carbons (Fsp3) is 0.200. The number of amides is 1. The number of H-pyrrole nitrogens is 1. The molecule has 1 aromatic heterocycles. The van der Waals surface area contributed by atoms with Gasteiger partial charge < -0.3 is 5.32 Å². The topological polar surface area (TPSA) is 57.8 Å². The highest BCUT2D eigenvalue weighted by Crippen LogP contribution is 1.99. The lowest BCUT2D eigenvalue weighted by Crippen LogP contribution is -2.18. The van der Waals surface area contributed by atoms with E-state index in [0.717, 1.165) is 6.20 Å². The van der Waals surface area contributed by atoms with E-state index >= 15 is 0 Å². The van der Waals surface area contributed by atoms with Crippen LogP contribution in [0, 0.1) is 5.95 Å². The van der Waals surface area contributed by atoms with E-state index in [2.05, 4.69) is 10.4 Å². The van der Waals surface area contributed by atoms with Crippen molar-refractivity contribution in [3.05, 3.63) is 17.7 Å². The number of hydrogen-bond acceptors (Lipinski definition) is 2. The normalized spacial score (nSPS) is 9.40. The van der Waals surface area contributed by atoms with Crippen molar-refractivity contribution in [1.29, 1.82) is 0 Å². The first-order chi connectivity index (χ1) is 4.75. The van der Waals surface area contributed by atoms with Crippen molar-refractivity contribution in [3.63, 3.8) is 0 Å². The van der Waals surface area contributed by atoms with E-state index in [1.807, 2.05) is 5.10 Å². The molecule has 0 saturated heterocycles. The minimum Gasteiger partial charge on any atom is -0.355 e. The van der Waals surface area contributed by atoms with E-state index in [0.29, 0.717) is 0 Å². The lowest BCUT2D eigenvalue weighted by molar-refractivity contribution is 0.0959. The lowest BCUT2D eigenvalue weighted by atomic mass is 10.3. The number of rotatable bonds is 1. The molecular formula is C5H6FN3O. The predicted octanol–water partition coefficient (Wildman–Crippen LogP) is -0.0916. The number of carbonyl (C=O) groups excluding carboxylic acids is 1. The molecule has 0 aliphatic heterocycles. The second-order valence-electron chi connectivity index (χ2n) is 1.68. The number of halogens is 1. The van der Waals surface area contributed by atoms with Gasteiger partial charge in [0.1, 0.15) is 5.56 Å². The maximum Gasteiger partial charge on any atom is 0.257 e. The molecule has 1 aromatic rings. The van der Waals surface area contributed by atoms with Gasteiger partial charge in [-0.15, -0.1) is 0 Å². The number of nitrogens with zero attached hydrogens (tertiary/aromatic N) is 1. The SMILES string of the molecule is CNC(=O)c1cn[nH]c1F. The Balaban J connectivity index is 2.93. The van der Waals surface area contributed by atoms with Gasteiger partial charge >= 0.3 is 0 Å². The molecule has 1 rings (SSSR count). The summed E-state index contributed by atoms with van der Waals surface area (Å²) < 4.78 is 12.4. The zero-order chi connectivity index (χ0) is 7.56. The molecule has 0 fully saturated rings. The van der Waals surface area contributed by atoms with Crippen LogP contribution in [0.3, 0.4) is 0 Å². The third-order valence-corrected chi connectivity index (χ3v) is 1.06. The van der Waals surface area contributed by atoms with Gasteiger partial charge in [0.15, 0.2) is 0 Å². The first kappa shape index (κ1) is 6.73. The number of hydrogen-bond donors (Lipinski definition) is 2. The summed E-state index contributed by atoms with van der Waals surface area (Å²) >= 11 is 0. The van der Waals surface area contributed by atoms with Gasteiger partial charge in [0.25, 0.3) is 5.91 Å². The molecule has 54 valence electrons. The van der Waals surface area contributed by atoms with Crippen molar-refractivity contribution < 1.29 is 9.18 Å². The summed E-state index contributed by atoms with van der Waals surface area (Å²) in [6, 6.07) is 0. The van der Waals surface area contributed by atoms with Gasteiger partial charge in [0.05, 0.1) is 6.20 Å². The molecular weight excluding hydrogens is 137 g/mol. The third-order valence-electron chi connectivity index (χ3n) is 1.06. The first-order valence-electron chi connectivity index (χ1n) is 2.66. The van der Waals surface area contributed by atoms with E-state index in [9.17, 15) is 9.18 Å². The summed E-state index contributed by atoms with van der Waals surface area (Å²) in [5, 5.41) is 7.61. The zero-order valence-corrected chi connectivity index (χ0v) is 5.31. The molecule has 0 saturated carbocycles. The monoisotopic (exact) mass is 143 g/mol. The molecule has 10 heavy (non-hydrogen) atoms.